The first kappa shape index (κ1) is 12.8. The molecule has 0 bridgehead atoms. The maximum Gasteiger partial charge on any atom is 0.0242 e. The van der Waals surface area contributed by atoms with Crippen LogP contribution in [0.3, 0.4) is 0 Å². The van der Waals surface area contributed by atoms with E-state index in [1.165, 1.54) is 5.56 Å². The molecule has 0 amide bonds. The monoisotopic (exact) mass is 214 g/mol. The van der Waals surface area contributed by atoms with Crippen molar-refractivity contribution in [1.82, 2.24) is 0 Å². The molecule has 0 unspecified atom stereocenters. The van der Waals surface area contributed by atoms with E-state index in [0.29, 0.717) is 5.41 Å². The third-order valence-corrected chi connectivity index (χ3v) is 2.81. The van der Waals surface area contributed by atoms with Crippen LogP contribution >= 0.6 is 0 Å². The minimum absolute atomic E-state index is 0.200. The lowest BCUT2D eigenvalue weighted by atomic mass is 9.72. The molecule has 0 saturated carbocycles. The van der Waals surface area contributed by atoms with Crippen molar-refractivity contribution >= 4 is 0 Å². The van der Waals surface area contributed by atoms with E-state index in [4.69, 9.17) is 6.42 Å². The Morgan fingerprint density at radius 2 is 1.50 bits per heavy atom. The van der Waals surface area contributed by atoms with Crippen LogP contribution in [-0.4, -0.2) is 0 Å². The van der Waals surface area contributed by atoms with E-state index in [1.54, 1.807) is 0 Å². The first-order valence-corrected chi connectivity index (χ1v) is 5.82. The quantitative estimate of drug-likeness (QED) is 0.641. The Bertz CT molecular complexity index is 380. The van der Waals surface area contributed by atoms with E-state index >= 15 is 0 Å². The van der Waals surface area contributed by atoms with Crippen molar-refractivity contribution in [2.75, 3.05) is 0 Å². The zero-order chi connectivity index (χ0) is 12.4. The van der Waals surface area contributed by atoms with Gasteiger partial charge in [-0.15, -0.1) is 6.42 Å². The highest BCUT2D eigenvalue weighted by molar-refractivity contribution is 5.36. The van der Waals surface area contributed by atoms with Gasteiger partial charge in [-0.2, -0.15) is 0 Å². The van der Waals surface area contributed by atoms with Gasteiger partial charge in [-0.25, -0.2) is 0 Å². The highest BCUT2D eigenvalue weighted by Gasteiger charge is 2.26. The smallest absolute Gasteiger partial charge is 0.0242 e. The van der Waals surface area contributed by atoms with E-state index in [9.17, 15) is 0 Å². The van der Waals surface area contributed by atoms with Gasteiger partial charge in [0.2, 0.25) is 0 Å². The predicted molar refractivity (Wildman–Crippen MR) is 71.5 cm³/mol. The molecule has 0 nitrogen and oxygen atoms in total. The van der Waals surface area contributed by atoms with Crippen LogP contribution in [0.5, 0.6) is 0 Å². The van der Waals surface area contributed by atoms with Gasteiger partial charge < -0.3 is 0 Å². The summed E-state index contributed by atoms with van der Waals surface area (Å²) in [5, 5.41) is 0. The van der Waals surface area contributed by atoms with Crippen LogP contribution in [0.4, 0.5) is 0 Å². The Labute approximate surface area is 100 Å². The normalized spacial score (nSPS) is 12.2. The third-order valence-electron chi connectivity index (χ3n) is 2.81. The lowest BCUT2D eigenvalue weighted by Crippen LogP contribution is -2.24. The highest BCUT2D eigenvalue weighted by Crippen LogP contribution is 2.36. The fourth-order valence-electron chi connectivity index (χ4n) is 2.45. The van der Waals surface area contributed by atoms with E-state index in [-0.39, 0.29) is 5.41 Å². The number of hydrogen-bond acceptors (Lipinski definition) is 0. The number of benzene rings is 1. The van der Waals surface area contributed by atoms with Crippen LogP contribution in [0.15, 0.2) is 24.3 Å². The van der Waals surface area contributed by atoms with Gasteiger partial charge in [-0.3, -0.25) is 0 Å². The zero-order valence-electron chi connectivity index (χ0n) is 11.1. The minimum Gasteiger partial charge on any atom is -0.115 e. The van der Waals surface area contributed by atoms with Crippen molar-refractivity contribution in [3.05, 3.63) is 35.4 Å². The van der Waals surface area contributed by atoms with Crippen molar-refractivity contribution in [3.8, 4) is 12.3 Å². The Hall–Kier alpha value is -1.22. The van der Waals surface area contributed by atoms with Gasteiger partial charge in [0.1, 0.15) is 0 Å². The fraction of sp³-hybridized carbons (Fsp3) is 0.500. The molecular formula is C16H22. The third kappa shape index (κ3) is 3.42. The fourth-order valence-corrected chi connectivity index (χ4v) is 2.45. The molecule has 16 heavy (non-hydrogen) atoms. The molecule has 0 aliphatic heterocycles. The van der Waals surface area contributed by atoms with E-state index < -0.39 is 0 Å². The number of terminal acetylenes is 1. The van der Waals surface area contributed by atoms with Crippen LogP contribution in [0.1, 0.15) is 52.2 Å². The van der Waals surface area contributed by atoms with Gasteiger partial charge in [-0.05, 0) is 34.9 Å². The van der Waals surface area contributed by atoms with Gasteiger partial charge in [0.25, 0.3) is 0 Å². The van der Waals surface area contributed by atoms with E-state index in [2.05, 4.69) is 52.7 Å². The first-order chi connectivity index (χ1) is 7.24. The molecule has 0 heteroatoms. The molecule has 0 saturated heterocycles. The number of rotatable bonds is 2. The molecule has 0 radical (unpaired) electrons. The first-order valence-electron chi connectivity index (χ1n) is 5.82. The van der Waals surface area contributed by atoms with Crippen LogP contribution in [0.2, 0.25) is 0 Å². The summed E-state index contributed by atoms with van der Waals surface area (Å²) in [6, 6.07) is 8.36. The topological polar surface area (TPSA) is 0 Å². The van der Waals surface area contributed by atoms with Crippen molar-refractivity contribution in [1.29, 1.82) is 0 Å². The Morgan fingerprint density at radius 1 is 1.00 bits per heavy atom. The van der Waals surface area contributed by atoms with Crippen molar-refractivity contribution in [3.63, 3.8) is 0 Å². The summed E-state index contributed by atoms with van der Waals surface area (Å²) in [6.07, 6.45) is 6.52. The van der Waals surface area contributed by atoms with Crippen LogP contribution in [-0.2, 0) is 5.41 Å². The Balaban J connectivity index is 2.94. The maximum atomic E-state index is 5.36. The summed E-state index contributed by atoms with van der Waals surface area (Å²) in [4.78, 5) is 0. The van der Waals surface area contributed by atoms with Gasteiger partial charge in [0.15, 0.2) is 0 Å². The van der Waals surface area contributed by atoms with Gasteiger partial charge in [-0.1, -0.05) is 52.7 Å². The molecule has 0 aliphatic rings. The van der Waals surface area contributed by atoms with Gasteiger partial charge in [0, 0.05) is 5.56 Å². The average molecular weight is 214 g/mol. The second kappa shape index (κ2) is 4.34. The molecule has 0 N–H and O–H groups in total. The standard InChI is InChI=1S/C16H22/c1-7-13-8-10-14(11-9-13)16(5,6)12-15(2,3)4/h1,8-11H,12H2,2-6H3. The van der Waals surface area contributed by atoms with Crippen LogP contribution in [0, 0.1) is 17.8 Å². The molecular weight excluding hydrogens is 192 g/mol. The molecule has 0 fully saturated rings. The minimum atomic E-state index is 0.200. The summed E-state index contributed by atoms with van der Waals surface area (Å²) in [6.45, 7) is 11.4. The lowest BCUT2D eigenvalue weighted by molar-refractivity contribution is 0.284. The molecule has 86 valence electrons. The summed E-state index contributed by atoms with van der Waals surface area (Å²) < 4.78 is 0. The molecule has 0 atom stereocenters. The average Bonchev–Trinajstić information content (AvgIpc) is 2.14. The highest BCUT2D eigenvalue weighted by atomic mass is 14.3. The van der Waals surface area contributed by atoms with Gasteiger partial charge >= 0.3 is 0 Å². The molecule has 0 aromatic heterocycles. The number of hydrogen-bond donors (Lipinski definition) is 0. The SMILES string of the molecule is C#Cc1ccc(C(C)(C)CC(C)(C)C)cc1. The summed E-state index contributed by atoms with van der Waals surface area (Å²) in [5.74, 6) is 2.65. The largest absolute Gasteiger partial charge is 0.115 e. The predicted octanol–water partition coefficient (Wildman–Crippen LogP) is 4.38. The molecule has 0 aliphatic carbocycles. The van der Waals surface area contributed by atoms with Crippen molar-refractivity contribution < 1.29 is 0 Å². The summed E-state index contributed by atoms with van der Waals surface area (Å²) >= 11 is 0. The Kier molecular flexibility index (Phi) is 3.48. The Morgan fingerprint density at radius 3 is 1.88 bits per heavy atom. The van der Waals surface area contributed by atoms with Crippen LogP contribution in [0.25, 0.3) is 0 Å². The maximum absolute atomic E-state index is 5.36. The second-order valence-corrected chi connectivity index (χ2v) is 6.34. The summed E-state index contributed by atoms with van der Waals surface area (Å²) in [7, 11) is 0. The molecule has 1 rings (SSSR count). The van der Waals surface area contributed by atoms with Crippen LogP contribution < -0.4 is 0 Å². The van der Waals surface area contributed by atoms with E-state index in [1.807, 2.05) is 12.1 Å². The zero-order valence-corrected chi connectivity index (χ0v) is 11.1. The van der Waals surface area contributed by atoms with E-state index in [0.717, 1.165) is 12.0 Å². The van der Waals surface area contributed by atoms with Gasteiger partial charge in [0.05, 0.1) is 0 Å². The second-order valence-electron chi connectivity index (χ2n) is 6.34. The van der Waals surface area contributed by atoms with Crippen molar-refractivity contribution in [2.45, 2.75) is 46.5 Å². The molecule has 0 heterocycles. The lowest BCUT2D eigenvalue weighted by Gasteiger charge is -2.33. The molecule has 1 aromatic carbocycles. The summed E-state index contributed by atoms with van der Waals surface area (Å²) in [5.41, 5.74) is 2.86. The molecule has 0 spiro atoms. The van der Waals surface area contributed by atoms with Crippen molar-refractivity contribution in [2.24, 2.45) is 5.41 Å². The molecule has 1 aromatic rings.